The SMILES string of the molecule is CC(C)Cn1ccnc(NC2CCNCC2)c1=O. The van der Waals surface area contributed by atoms with E-state index in [9.17, 15) is 4.79 Å². The first-order chi connectivity index (χ1) is 8.66. The molecule has 2 rings (SSSR count). The first kappa shape index (κ1) is 13.1. The maximum Gasteiger partial charge on any atom is 0.293 e. The summed E-state index contributed by atoms with van der Waals surface area (Å²) in [5.74, 6) is 0.946. The normalized spacial score (nSPS) is 17.1. The quantitative estimate of drug-likeness (QED) is 0.839. The second-order valence-corrected chi connectivity index (χ2v) is 5.30. The molecule has 5 heteroatoms. The van der Waals surface area contributed by atoms with Crippen molar-refractivity contribution in [2.45, 2.75) is 39.3 Å². The van der Waals surface area contributed by atoms with Crippen LogP contribution in [0.15, 0.2) is 17.2 Å². The molecule has 1 aliphatic heterocycles. The third-order valence-electron chi connectivity index (χ3n) is 3.16. The Morgan fingerprint density at radius 1 is 1.50 bits per heavy atom. The fourth-order valence-corrected chi connectivity index (χ4v) is 2.24. The van der Waals surface area contributed by atoms with Crippen LogP contribution in [0.3, 0.4) is 0 Å². The van der Waals surface area contributed by atoms with Crippen molar-refractivity contribution in [2.75, 3.05) is 18.4 Å². The maximum absolute atomic E-state index is 12.2. The van der Waals surface area contributed by atoms with E-state index in [1.807, 2.05) is 0 Å². The molecule has 0 spiro atoms. The van der Waals surface area contributed by atoms with Gasteiger partial charge >= 0.3 is 0 Å². The highest BCUT2D eigenvalue weighted by Gasteiger charge is 2.15. The van der Waals surface area contributed by atoms with Gasteiger partial charge in [-0.05, 0) is 31.8 Å². The molecule has 0 saturated carbocycles. The first-order valence-electron chi connectivity index (χ1n) is 6.69. The Labute approximate surface area is 108 Å². The highest BCUT2D eigenvalue weighted by atomic mass is 16.1. The number of aromatic nitrogens is 2. The topological polar surface area (TPSA) is 59.0 Å². The molecule has 0 amide bonds. The molecule has 0 atom stereocenters. The predicted molar refractivity (Wildman–Crippen MR) is 72.8 cm³/mol. The molecule has 0 unspecified atom stereocenters. The van der Waals surface area contributed by atoms with Gasteiger partial charge < -0.3 is 15.2 Å². The summed E-state index contributed by atoms with van der Waals surface area (Å²) in [4.78, 5) is 16.4. The van der Waals surface area contributed by atoms with Crippen LogP contribution in [0.4, 0.5) is 5.82 Å². The molecule has 0 radical (unpaired) electrons. The van der Waals surface area contributed by atoms with Crippen LogP contribution in [-0.2, 0) is 6.54 Å². The largest absolute Gasteiger partial charge is 0.363 e. The van der Waals surface area contributed by atoms with Gasteiger partial charge in [-0.1, -0.05) is 13.8 Å². The second-order valence-electron chi connectivity index (χ2n) is 5.30. The van der Waals surface area contributed by atoms with Crippen LogP contribution >= 0.6 is 0 Å². The predicted octanol–water partition coefficient (Wildman–Crippen LogP) is 1.06. The number of piperidine rings is 1. The Morgan fingerprint density at radius 3 is 2.89 bits per heavy atom. The summed E-state index contributed by atoms with van der Waals surface area (Å²) in [6.07, 6.45) is 5.55. The number of nitrogens with zero attached hydrogens (tertiary/aromatic N) is 2. The van der Waals surface area contributed by atoms with Crippen LogP contribution < -0.4 is 16.2 Å². The van der Waals surface area contributed by atoms with Crippen molar-refractivity contribution >= 4 is 5.82 Å². The lowest BCUT2D eigenvalue weighted by atomic mass is 10.1. The van der Waals surface area contributed by atoms with Crippen molar-refractivity contribution in [3.8, 4) is 0 Å². The molecule has 0 aromatic carbocycles. The number of rotatable bonds is 4. The van der Waals surface area contributed by atoms with Crippen molar-refractivity contribution < 1.29 is 0 Å². The second kappa shape index (κ2) is 6.00. The van der Waals surface area contributed by atoms with Gasteiger partial charge in [-0.25, -0.2) is 4.98 Å². The van der Waals surface area contributed by atoms with E-state index in [1.54, 1.807) is 17.0 Å². The zero-order valence-electron chi connectivity index (χ0n) is 11.1. The molecule has 1 saturated heterocycles. The van der Waals surface area contributed by atoms with Crippen molar-refractivity contribution in [1.82, 2.24) is 14.9 Å². The monoisotopic (exact) mass is 250 g/mol. The molecule has 1 aromatic rings. The van der Waals surface area contributed by atoms with Crippen LogP contribution in [0.5, 0.6) is 0 Å². The van der Waals surface area contributed by atoms with E-state index >= 15 is 0 Å². The number of nitrogens with one attached hydrogen (secondary N) is 2. The number of hydrogen-bond acceptors (Lipinski definition) is 4. The molecule has 0 bridgehead atoms. The highest BCUT2D eigenvalue weighted by molar-refractivity contribution is 5.32. The molecule has 18 heavy (non-hydrogen) atoms. The minimum Gasteiger partial charge on any atom is -0.363 e. The molecule has 5 nitrogen and oxygen atoms in total. The molecular weight excluding hydrogens is 228 g/mol. The molecule has 1 fully saturated rings. The van der Waals surface area contributed by atoms with Crippen LogP contribution in [0.25, 0.3) is 0 Å². The van der Waals surface area contributed by atoms with Crippen molar-refractivity contribution in [2.24, 2.45) is 5.92 Å². The van der Waals surface area contributed by atoms with Gasteiger partial charge in [-0.2, -0.15) is 0 Å². The van der Waals surface area contributed by atoms with Crippen molar-refractivity contribution in [3.05, 3.63) is 22.7 Å². The lowest BCUT2D eigenvalue weighted by molar-refractivity contribution is 0.475. The summed E-state index contributed by atoms with van der Waals surface area (Å²) < 4.78 is 1.74. The highest BCUT2D eigenvalue weighted by Crippen LogP contribution is 2.07. The molecule has 1 aliphatic rings. The fourth-order valence-electron chi connectivity index (χ4n) is 2.24. The van der Waals surface area contributed by atoms with E-state index in [0.717, 1.165) is 32.5 Å². The smallest absolute Gasteiger partial charge is 0.293 e. The van der Waals surface area contributed by atoms with Gasteiger partial charge in [0, 0.05) is 25.0 Å². The summed E-state index contributed by atoms with van der Waals surface area (Å²) in [5.41, 5.74) is -0.00951. The van der Waals surface area contributed by atoms with Crippen LogP contribution in [0.2, 0.25) is 0 Å². The van der Waals surface area contributed by atoms with Crippen molar-refractivity contribution in [3.63, 3.8) is 0 Å². The van der Waals surface area contributed by atoms with Crippen LogP contribution in [-0.4, -0.2) is 28.7 Å². The summed E-state index contributed by atoms with van der Waals surface area (Å²) in [5, 5.41) is 6.59. The lowest BCUT2D eigenvalue weighted by Gasteiger charge is -2.24. The average Bonchev–Trinajstić information content (AvgIpc) is 2.35. The average molecular weight is 250 g/mol. The third-order valence-corrected chi connectivity index (χ3v) is 3.16. The zero-order chi connectivity index (χ0) is 13.0. The van der Waals surface area contributed by atoms with Gasteiger partial charge in [0.2, 0.25) is 0 Å². The Bertz CT molecular complexity index is 435. The number of anilines is 1. The van der Waals surface area contributed by atoms with Crippen LogP contribution in [0, 0.1) is 5.92 Å². The van der Waals surface area contributed by atoms with E-state index in [0.29, 0.717) is 17.8 Å². The number of hydrogen-bond donors (Lipinski definition) is 2. The Morgan fingerprint density at radius 2 is 2.22 bits per heavy atom. The minimum atomic E-state index is -0.00951. The molecule has 2 heterocycles. The Hall–Kier alpha value is -1.36. The summed E-state index contributed by atoms with van der Waals surface area (Å²) in [6, 6.07) is 0.362. The van der Waals surface area contributed by atoms with Gasteiger partial charge in [0.05, 0.1) is 0 Å². The Balaban J connectivity index is 2.10. The molecule has 2 N–H and O–H groups in total. The lowest BCUT2D eigenvalue weighted by Crippen LogP contribution is -2.37. The van der Waals surface area contributed by atoms with Gasteiger partial charge in [0.15, 0.2) is 5.82 Å². The fraction of sp³-hybridized carbons (Fsp3) is 0.692. The summed E-state index contributed by atoms with van der Waals surface area (Å²) in [6.45, 7) is 6.96. The van der Waals surface area contributed by atoms with E-state index in [-0.39, 0.29) is 5.56 Å². The Kier molecular flexibility index (Phi) is 4.36. The van der Waals surface area contributed by atoms with E-state index in [4.69, 9.17) is 0 Å². The van der Waals surface area contributed by atoms with Gasteiger partial charge in [0.1, 0.15) is 0 Å². The third kappa shape index (κ3) is 3.32. The zero-order valence-corrected chi connectivity index (χ0v) is 11.1. The van der Waals surface area contributed by atoms with Gasteiger partial charge in [-0.15, -0.1) is 0 Å². The first-order valence-corrected chi connectivity index (χ1v) is 6.69. The molecular formula is C13H22N4O. The standard InChI is InChI=1S/C13H22N4O/c1-10(2)9-17-8-7-15-12(13(17)18)16-11-3-5-14-6-4-11/h7-8,10-11,14H,3-6,9H2,1-2H3,(H,15,16). The molecule has 100 valence electrons. The minimum absolute atomic E-state index is 0.00951. The van der Waals surface area contributed by atoms with E-state index in [2.05, 4.69) is 29.5 Å². The summed E-state index contributed by atoms with van der Waals surface area (Å²) in [7, 11) is 0. The summed E-state index contributed by atoms with van der Waals surface area (Å²) >= 11 is 0. The van der Waals surface area contributed by atoms with Crippen molar-refractivity contribution in [1.29, 1.82) is 0 Å². The molecule has 1 aromatic heterocycles. The van der Waals surface area contributed by atoms with E-state index < -0.39 is 0 Å². The maximum atomic E-state index is 12.2. The van der Waals surface area contributed by atoms with E-state index in [1.165, 1.54) is 0 Å². The van der Waals surface area contributed by atoms with Crippen LogP contribution in [0.1, 0.15) is 26.7 Å². The molecule has 0 aliphatic carbocycles. The van der Waals surface area contributed by atoms with Gasteiger partial charge in [-0.3, -0.25) is 4.79 Å². The van der Waals surface area contributed by atoms with Gasteiger partial charge in [0.25, 0.3) is 5.56 Å².